The fraction of sp³-hybridized carbons (Fsp3) is 0.250. The molecule has 2 heterocycles. The van der Waals surface area contributed by atoms with E-state index in [2.05, 4.69) is 11.1 Å². The predicted octanol–water partition coefficient (Wildman–Crippen LogP) is 4.86. The number of carbonyl (C=O) groups excluding carboxylic acids is 2. The van der Waals surface area contributed by atoms with Crippen LogP contribution in [0.3, 0.4) is 0 Å². The van der Waals surface area contributed by atoms with Gasteiger partial charge in [-0.25, -0.2) is 4.90 Å². The van der Waals surface area contributed by atoms with Gasteiger partial charge in [-0.1, -0.05) is 35.9 Å². The van der Waals surface area contributed by atoms with Gasteiger partial charge in [-0.2, -0.15) is 0 Å². The van der Waals surface area contributed by atoms with E-state index >= 15 is 0 Å². The molecule has 1 aromatic heterocycles. The maximum atomic E-state index is 13.8. The highest BCUT2D eigenvalue weighted by Crippen LogP contribution is 2.36. The fourth-order valence-electron chi connectivity index (χ4n) is 4.39. The predicted molar refractivity (Wildman–Crippen MR) is 132 cm³/mol. The van der Waals surface area contributed by atoms with Gasteiger partial charge < -0.3 is 4.90 Å². The largest absolute Gasteiger partial charge is 0.366 e. The van der Waals surface area contributed by atoms with Crippen molar-refractivity contribution in [3.8, 4) is 0 Å². The Morgan fingerprint density at radius 2 is 1.61 bits per heavy atom. The van der Waals surface area contributed by atoms with Gasteiger partial charge in [0.1, 0.15) is 5.70 Å². The number of hydrogen-bond acceptors (Lipinski definition) is 4. The van der Waals surface area contributed by atoms with Gasteiger partial charge in [-0.15, -0.1) is 0 Å². The molecule has 0 bridgehead atoms. The van der Waals surface area contributed by atoms with E-state index in [0.717, 1.165) is 34.2 Å². The number of nitrogens with zero attached hydrogens (tertiary/aromatic N) is 3. The van der Waals surface area contributed by atoms with Crippen LogP contribution in [0.4, 0.5) is 5.69 Å². The van der Waals surface area contributed by atoms with Crippen molar-refractivity contribution < 1.29 is 9.59 Å². The Kier molecular flexibility index (Phi) is 6.40. The van der Waals surface area contributed by atoms with Gasteiger partial charge in [-0.3, -0.25) is 14.6 Å². The summed E-state index contributed by atoms with van der Waals surface area (Å²) in [6.45, 7) is 9.25. The summed E-state index contributed by atoms with van der Waals surface area (Å²) in [5, 5.41) is 0. The van der Waals surface area contributed by atoms with Gasteiger partial charge in [0.2, 0.25) is 0 Å². The number of carbonyl (C=O) groups is 2. The van der Waals surface area contributed by atoms with Crippen LogP contribution in [0.1, 0.15) is 34.7 Å². The molecule has 1 aliphatic heterocycles. The van der Waals surface area contributed by atoms with E-state index in [1.54, 1.807) is 12.4 Å². The van der Waals surface area contributed by atoms with Gasteiger partial charge >= 0.3 is 0 Å². The Bertz CT molecular complexity index is 1230. The van der Waals surface area contributed by atoms with E-state index < -0.39 is 0 Å². The number of hydrogen-bond donors (Lipinski definition) is 0. The summed E-state index contributed by atoms with van der Waals surface area (Å²) in [6.07, 6.45) is 4.30. The van der Waals surface area contributed by atoms with Crippen molar-refractivity contribution >= 4 is 23.1 Å². The molecule has 0 aliphatic carbocycles. The minimum absolute atomic E-state index is 0.267. The topological polar surface area (TPSA) is 53.5 Å². The second kappa shape index (κ2) is 9.41. The third-order valence-corrected chi connectivity index (χ3v) is 6.09. The molecule has 0 N–H and O–H groups in total. The van der Waals surface area contributed by atoms with Crippen molar-refractivity contribution in [3.05, 3.63) is 101 Å². The standard InChI is InChI=1S/C28H29N3O2/c1-5-30(16-13-22-11-14-29-15-12-22)26-25(24-10-9-20(3)17-21(24)4)27(32)31(28(26)33)23-8-6-7-19(2)18-23/h6-12,14-15,17-18H,5,13,16H2,1-4H3. The third-order valence-electron chi connectivity index (χ3n) is 6.09. The minimum atomic E-state index is -0.269. The second-order valence-corrected chi connectivity index (χ2v) is 8.51. The van der Waals surface area contributed by atoms with Crippen molar-refractivity contribution in [2.75, 3.05) is 18.0 Å². The number of benzene rings is 2. The molecule has 0 spiro atoms. The lowest BCUT2D eigenvalue weighted by molar-refractivity contribution is -0.120. The Labute approximate surface area is 195 Å². The Hall–Kier alpha value is -3.73. The first-order valence-electron chi connectivity index (χ1n) is 11.3. The lowest BCUT2D eigenvalue weighted by atomic mass is 9.97. The molecule has 4 rings (SSSR count). The maximum absolute atomic E-state index is 13.8. The summed E-state index contributed by atoms with van der Waals surface area (Å²) >= 11 is 0. The van der Waals surface area contributed by atoms with E-state index in [9.17, 15) is 9.59 Å². The molecule has 168 valence electrons. The fourth-order valence-corrected chi connectivity index (χ4v) is 4.39. The normalized spacial score (nSPS) is 13.8. The minimum Gasteiger partial charge on any atom is -0.366 e. The summed E-state index contributed by atoms with van der Waals surface area (Å²) in [5.41, 5.74) is 6.62. The average molecular weight is 440 g/mol. The number of aromatic nitrogens is 1. The molecule has 2 aromatic carbocycles. The highest BCUT2D eigenvalue weighted by molar-refractivity contribution is 6.45. The molecular weight excluding hydrogens is 410 g/mol. The molecule has 5 heteroatoms. The number of anilines is 1. The Morgan fingerprint density at radius 3 is 2.27 bits per heavy atom. The first-order valence-corrected chi connectivity index (χ1v) is 11.3. The molecule has 0 radical (unpaired) electrons. The number of pyridine rings is 1. The lowest BCUT2D eigenvalue weighted by Gasteiger charge is -2.25. The van der Waals surface area contributed by atoms with E-state index in [-0.39, 0.29) is 11.8 Å². The smallest absolute Gasteiger partial charge is 0.282 e. The molecule has 3 aromatic rings. The van der Waals surface area contributed by atoms with Gasteiger partial charge in [0.25, 0.3) is 11.8 Å². The molecule has 0 saturated carbocycles. The van der Waals surface area contributed by atoms with Crippen LogP contribution in [0.25, 0.3) is 5.57 Å². The third kappa shape index (κ3) is 4.44. The molecule has 33 heavy (non-hydrogen) atoms. The lowest BCUT2D eigenvalue weighted by Crippen LogP contribution is -2.36. The highest BCUT2D eigenvalue weighted by Gasteiger charge is 2.42. The molecule has 0 fully saturated rings. The average Bonchev–Trinajstić information content (AvgIpc) is 3.05. The maximum Gasteiger partial charge on any atom is 0.282 e. The van der Waals surface area contributed by atoms with Gasteiger partial charge in [0.05, 0.1) is 11.3 Å². The van der Waals surface area contributed by atoms with Crippen LogP contribution in [0.5, 0.6) is 0 Å². The highest BCUT2D eigenvalue weighted by atomic mass is 16.2. The molecule has 0 atom stereocenters. The van der Waals surface area contributed by atoms with Crippen LogP contribution < -0.4 is 4.90 Å². The quantitative estimate of drug-likeness (QED) is 0.494. The summed E-state index contributed by atoms with van der Waals surface area (Å²) in [7, 11) is 0. The summed E-state index contributed by atoms with van der Waals surface area (Å²) in [6, 6.07) is 17.5. The van der Waals surface area contributed by atoms with Crippen LogP contribution in [-0.2, 0) is 16.0 Å². The van der Waals surface area contributed by atoms with Crippen molar-refractivity contribution in [2.24, 2.45) is 0 Å². The number of imide groups is 1. The van der Waals surface area contributed by atoms with E-state index in [1.807, 2.05) is 81.1 Å². The van der Waals surface area contributed by atoms with Gasteiger partial charge in [0, 0.05) is 25.5 Å². The van der Waals surface area contributed by atoms with Crippen molar-refractivity contribution in [2.45, 2.75) is 34.1 Å². The van der Waals surface area contributed by atoms with Crippen LogP contribution in [0.2, 0.25) is 0 Å². The summed E-state index contributed by atoms with van der Waals surface area (Å²) in [5.74, 6) is -0.535. The van der Waals surface area contributed by atoms with Crippen LogP contribution in [-0.4, -0.2) is 34.8 Å². The zero-order valence-electron chi connectivity index (χ0n) is 19.6. The van der Waals surface area contributed by atoms with Gasteiger partial charge in [-0.05, 0) is 80.6 Å². The van der Waals surface area contributed by atoms with Crippen molar-refractivity contribution in [3.63, 3.8) is 0 Å². The second-order valence-electron chi connectivity index (χ2n) is 8.51. The summed E-state index contributed by atoms with van der Waals surface area (Å²) in [4.78, 5) is 35.0. The monoisotopic (exact) mass is 439 g/mol. The summed E-state index contributed by atoms with van der Waals surface area (Å²) < 4.78 is 0. The molecule has 0 saturated heterocycles. The molecule has 1 aliphatic rings. The molecule has 5 nitrogen and oxygen atoms in total. The number of rotatable bonds is 7. The number of amides is 2. The number of aryl methyl sites for hydroxylation is 3. The van der Waals surface area contributed by atoms with Gasteiger partial charge in [0.15, 0.2) is 0 Å². The van der Waals surface area contributed by atoms with Crippen molar-refractivity contribution in [1.29, 1.82) is 0 Å². The van der Waals surface area contributed by atoms with E-state index in [0.29, 0.717) is 30.0 Å². The van der Waals surface area contributed by atoms with Crippen LogP contribution >= 0.6 is 0 Å². The number of likely N-dealkylation sites (N-methyl/N-ethyl adjacent to an activating group) is 1. The van der Waals surface area contributed by atoms with E-state index in [4.69, 9.17) is 0 Å². The zero-order chi connectivity index (χ0) is 23.5. The first-order chi connectivity index (χ1) is 15.9. The van der Waals surface area contributed by atoms with Crippen molar-refractivity contribution in [1.82, 2.24) is 9.88 Å². The Morgan fingerprint density at radius 1 is 0.879 bits per heavy atom. The van der Waals surface area contributed by atoms with Crippen LogP contribution in [0, 0.1) is 20.8 Å². The van der Waals surface area contributed by atoms with Crippen LogP contribution in [0.15, 0.2) is 72.7 Å². The molecule has 0 unspecified atom stereocenters. The van der Waals surface area contributed by atoms with E-state index in [1.165, 1.54) is 4.90 Å². The molecular formula is C28H29N3O2. The first kappa shape index (κ1) is 22.5. The Balaban J connectivity index is 1.80. The SMILES string of the molecule is CCN(CCc1ccncc1)C1=C(c2ccc(C)cc2C)C(=O)N(c2cccc(C)c2)C1=O. The zero-order valence-corrected chi connectivity index (χ0v) is 19.6. The molecule has 2 amide bonds.